The summed E-state index contributed by atoms with van der Waals surface area (Å²) in [5.74, 6) is -0.177. The van der Waals surface area contributed by atoms with Gasteiger partial charge < -0.3 is 4.74 Å². The maximum absolute atomic E-state index is 11.9. The molecule has 1 aliphatic carbocycles. The van der Waals surface area contributed by atoms with Gasteiger partial charge in [0.05, 0.1) is 12.5 Å². The summed E-state index contributed by atoms with van der Waals surface area (Å²) in [5, 5.41) is 0. The van der Waals surface area contributed by atoms with E-state index in [0.29, 0.717) is 6.61 Å². The van der Waals surface area contributed by atoms with Crippen LogP contribution in [0.2, 0.25) is 0 Å². The fourth-order valence-electron chi connectivity index (χ4n) is 2.38. The van der Waals surface area contributed by atoms with Crippen molar-refractivity contribution in [1.29, 1.82) is 0 Å². The van der Waals surface area contributed by atoms with Crippen LogP contribution in [-0.2, 0) is 9.53 Å². The normalized spacial score (nSPS) is 25.0. The maximum Gasteiger partial charge on any atom is 0.313 e. The van der Waals surface area contributed by atoms with E-state index in [1.54, 1.807) is 0 Å². The van der Waals surface area contributed by atoms with Crippen molar-refractivity contribution in [3.63, 3.8) is 0 Å². The molecule has 15 heavy (non-hydrogen) atoms. The zero-order valence-electron chi connectivity index (χ0n) is 10.1. The van der Waals surface area contributed by atoms with Gasteiger partial charge in [0.2, 0.25) is 0 Å². The average molecular weight is 210 g/mol. The Morgan fingerprint density at radius 1 is 1.60 bits per heavy atom. The largest absolute Gasteiger partial charge is 0.465 e. The zero-order valence-corrected chi connectivity index (χ0v) is 10.1. The van der Waals surface area contributed by atoms with E-state index >= 15 is 0 Å². The number of esters is 1. The van der Waals surface area contributed by atoms with E-state index in [1.165, 1.54) is 0 Å². The van der Waals surface area contributed by atoms with E-state index in [0.717, 1.165) is 31.3 Å². The van der Waals surface area contributed by atoms with Gasteiger partial charge in [0.25, 0.3) is 0 Å². The van der Waals surface area contributed by atoms with Gasteiger partial charge >= 0.3 is 5.97 Å². The number of ether oxygens (including phenoxy) is 1. The molecule has 86 valence electrons. The topological polar surface area (TPSA) is 26.3 Å². The van der Waals surface area contributed by atoms with E-state index in [-0.39, 0.29) is 17.3 Å². The first-order valence-corrected chi connectivity index (χ1v) is 5.83. The first kappa shape index (κ1) is 12.3. The highest BCUT2D eigenvalue weighted by atomic mass is 16.5. The molecule has 1 saturated carbocycles. The standard InChI is InChI=1S/C13H22O2/c1-5-9-15-12(14)11-10(2)7-6-8-13(11,3)4/h11H,2,5-9H2,1,3-4H3. The highest BCUT2D eigenvalue weighted by Gasteiger charge is 2.40. The Hall–Kier alpha value is -0.790. The number of hydrogen-bond donors (Lipinski definition) is 0. The third kappa shape index (κ3) is 2.83. The van der Waals surface area contributed by atoms with Gasteiger partial charge in [-0.25, -0.2) is 0 Å². The van der Waals surface area contributed by atoms with Gasteiger partial charge in [-0.3, -0.25) is 4.79 Å². The Kier molecular flexibility index (Phi) is 3.95. The Bertz CT molecular complexity index is 253. The van der Waals surface area contributed by atoms with Gasteiger partial charge in [-0.2, -0.15) is 0 Å². The predicted octanol–water partition coefficient (Wildman–Crippen LogP) is 3.32. The van der Waals surface area contributed by atoms with Crippen LogP contribution >= 0.6 is 0 Å². The smallest absolute Gasteiger partial charge is 0.313 e. The molecule has 0 heterocycles. The molecule has 0 spiro atoms. The van der Waals surface area contributed by atoms with Crippen molar-refractivity contribution in [3.05, 3.63) is 12.2 Å². The molecule has 2 nitrogen and oxygen atoms in total. The predicted molar refractivity (Wildman–Crippen MR) is 61.5 cm³/mol. The van der Waals surface area contributed by atoms with Gasteiger partial charge in [-0.15, -0.1) is 0 Å². The second kappa shape index (κ2) is 4.82. The summed E-state index contributed by atoms with van der Waals surface area (Å²) < 4.78 is 5.24. The maximum atomic E-state index is 11.9. The van der Waals surface area contributed by atoms with Crippen molar-refractivity contribution >= 4 is 5.97 Å². The van der Waals surface area contributed by atoms with Gasteiger partial charge in [0.1, 0.15) is 0 Å². The lowest BCUT2D eigenvalue weighted by Gasteiger charge is -2.38. The summed E-state index contributed by atoms with van der Waals surface area (Å²) in [7, 11) is 0. The van der Waals surface area contributed by atoms with E-state index in [2.05, 4.69) is 20.4 Å². The summed E-state index contributed by atoms with van der Waals surface area (Å²) in [4.78, 5) is 11.9. The molecule has 1 rings (SSSR count). The summed E-state index contributed by atoms with van der Waals surface area (Å²) in [6, 6.07) is 0. The summed E-state index contributed by atoms with van der Waals surface area (Å²) >= 11 is 0. The second-order valence-corrected chi connectivity index (χ2v) is 5.10. The molecule has 0 aromatic rings. The molecule has 0 aliphatic heterocycles. The van der Waals surface area contributed by atoms with Crippen molar-refractivity contribution in [2.45, 2.75) is 46.5 Å². The van der Waals surface area contributed by atoms with Crippen LogP contribution in [0.3, 0.4) is 0 Å². The molecule has 0 aromatic carbocycles. The molecular weight excluding hydrogens is 188 g/mol. The molecule has 0 saturated heterocycles. The first-order valence-electron chi connectivity index (χ1n) is 5.83. The molecule has 1 atom stereocenters. The zero-order chi connectivity index (χ0) is 11.5. The number of rotatable bonds is 3. The average Bonchev–Trinajstić information content (AvgIpc) is 2.13. The molecule has 1 unspecified atom stereocenters. The minimum atomic E-state index is -0.0993. The monoisotopic (exact) mass is 210 g/mol. The van der Waals surface area contributed by atoms with E-state index < -0.39 is 0 Å². The highest BCUT2D eigenvalue weighted by molar-refractivity contribution is 5.76. The SMILES string of the molecule is C=C1CCCC(C)(C)C1C(=O)OCCC. The van der Waals surface area contributed by atoms with Gasteiger partial charge in [-0.1, -0.05) is 32.9 Å². The van der Waals surface area contributed by atoms with E-state index in [4.69, 9.17) is 4.74 Å². The van der Waals surface area contributed by atoms with E-state index in [1.807, 2.05) is 6.92 Å². The number of carbonyl (C=O) groups is 1. The lowest BCUT2D eigenvalue weighted by atomic mass is 9.67. The van der Waals surface area contributed by atoms with Crippen molar-refractivity contribution in [1.82, 2.24) is 0 Å². The van der Waals surface area contributed by atoms with Crippen LogP contribution in [-0.4, -0.2) is 12.6 Å². The number of hydrogen-bond acceptors (Lipinski definition) is 2. The molecule has 0 bridgehead atoms. The lowest BCUT2D eigenvalue weighted by Crippen LogP contribution is -2.36. The van der Waals surface area contributed by atoms with Crippen molar-refractivity contribution < 1.29 is 9.53 Å². The van der Waals surface area contributed by atoms with Crippen LogP contribution in [0.15, 0.2) is 12.2 Å². The Labute approximate surface area is 92.7 Å². The van der Waals surface area contributed by atoms with Gasteiger partial charge in [0, 0.05) is 0 Å². The molecule has 0 amide bonds. The third-order valence-corrected chi connectivity index (χ3v) is 3.19. The van der Waals surface area contributed by atoms with Crippen molar-refractivity contribution in [2.75, 3.05) is 6.61 Å². The van der Waals surface area contributed by atoms with Gasteiger partial charge in [-0.05, 0) is 31.1 Å². The van der Waals surface area contributed by atoms with Crippen LogP contribution in [0.4, 0.5) is 0 Å². The quantitative estimate of drug-likeness (QED) is 0.527. The Morgan fingerprint density at radius 3 is 2.80 bits per heavy atom. The third-order valence-electron chi connectivity index (χ3n) is 3.19. The van der Waals surface area contributed by atoms with Crippen molar-refractivity contribution in [2.24, 2.45) is 11.3 Å². The van der Waals surface area contributed by atoms with Crippen LogP contribution in [0.5, 0.6) is 0 Å². The van der Waals surface area contributed by atoms with Crippen LogP contribution in [0, 0.1) is 11.3 Å². The Morgan fingerprint density at radius 2 is 2.27 bits per heavy atom. The fourth-order valence-corrected chi connectivity index (χ4v) is 2.38. The highest BCUT2D eigenvalue weighted by Crippen LogP contribution is 2.43. The first-order chi connectivity index (χ1) is 6.99. The summed E-state index contributed by atoms with van der Waals surface area (Å²) in [6.45, 7) is 10.8. The van der Waals surface area contributed by atoms with Crippen LogP contribution in [0.1, 0.15) is 46.5 Å². The second-order valence-electron chi connectivity index (χ2n) is 5.10. The molecule has 1 fully saturated rings. The molecule has 0 radical (unpaired) electrons. The molecule has 2 heteroatoms. The minimum absolute atomic E-state index is 0.0140. The lowest BCUT2D eigenvalue weighted by molar-refractivity contribution is -0.151. The van der Waals surface area contributed by atoms with Crippen molar-refractivity contribution in [3.8, 4) is 0 Å². The Balaban J connectivity index is 2.70. The molecule has 0 aromatic heterocycles. The molecule has 1 aliphatic rings. The van der Waals surface area contributed by atoms with Crippen LogP contribution < -0.4 is 0 Å². The summed E-state index contributed by atoms with van der Waals surface area (Å²) in [6.07, 6.45) is 4.07. The van der Waals surface area contributed by atoms with Crippen LogP contribution in [0.25, 0.3) is 0 Å². The van der Waals surface area contributed by atoms with Gasteiger partial charge in [0.15, 0.2) is 0 Å². The minimum Gasteiger partial charge on any atom is -0.465 e. The molecule has 0 N–H and O–H groups in total. The van der Waals surface area contributed by atoms with E-state index in [9.17, 15) is 4.79 Å². The fraction of sp³-hybridized carbons (Fsp3) is 0.769. The number of carbonyl (C=O) groups excluding carboxylic acids is 1. The summed E-state index contributed by atoms with van der Waals surface area (Å²) in [5.41, 5.74) is 1.06. The molecular formula is C13H22O2.